The van der Waals surface area contributed by atoms with Crippen LogP contribution in [0.1, 0.15) is 31.2 Å². The first-order valence-corrected chi connectivity index (χ1v) is 7.17. The minimum absolute atomic E-state index is 0.148. The molecule has 1 heterocycles. The Labute approximate surface area is 122 Å². The van der Waals surface area contributed by atoms with Crippen LogP contribution in [-0.4, -0.2) is 24.2 Å². The summed E-state index contributed by atoms with van der Waals surface area (Å²) in [5.74, 6) is -0.759. The Hall–Kier alpha value is -0.770. The van der Waals surface area contributed by atoms with E-state index in [4.69, 9.17) is 28.3 Å². The van der Waals surface area contributed by atoms with Crippen LogP contribution in [0.4, 0.5) is 0 Å². The third-order valence-corrected chi connectivity index (χ3v) is 4.56. The topological polar surface area (TPSA) is 49.3 Å². The van der Waals surface area contributed by atoms with Crippen LogP contribution in [0.3, 0.4) is 0 Å². The lowest BCUT2D eigenvalue weighted by Crippen LogP contribution is -2.43. The number of halogens is 2. The van der Waals surface area contributed by atoms with Crippen molar-refractivity contribution in [1.82, 2.24) is 5.32 Å². The number of carboxylic acid groups (broad SMARTS) is 1. The molecule has 1 saturated heterocycles. The van der Waals surface area contributed by atoms with E-state index in [0.29, 0.717) is 16.5 Å². The molecule has 0 radical (unpaired) electrons. The van der Waals surface area contributed by atoms with Crippen LogP contribution >= 0.6 is 23.2 Å². The molecule has 2 rings (SSSR count). The molecule has 1 aromatic rings. The van der Waals surface area contributed by atoms with Crippen LogP contribution in [0.5, 0.6) is 0 Å². The van der Waals surface area contributed by atoms with Crippen molar-refractivity contribution in [3.63, 3.8) is 0 Å². The smallest absolute Gasteiger partial charge is 0.303 e. The van der Waals surface area contributed by atoms with E-state index in [2.05, 4.69) is 5.32 Å². The van der Waals surface area contributed by atoms with Gasteiger partial charge in [0.05, 0.1) is 10.0 Å². The lowest BCUT2D eigenvalue weighted by atomic mass is 9.71. The quantitative estimate of drug-likeness (QED) is 0.895. The van der Waals surface area contributed by atoms with Crippen LogP contribution in [0.2, 0.25) is 10.0 Å². The minimum Gasteiger partial charge on any atom is -0.481 e. The summed E-state index contributed by atoms with van der Waals surface area (Å²) in [6, 6.07) is 5.62. The predicted octanol–water partition coefficient (Wildman–Crippen LogP) is 3.48. The number of carbonyl (C=O) groups is 1. The molecular weight excluding hydrogens is 285 g/mol. The summed E-state index contributed by atoms with van der Waals surface area (Å²) in [5.41, 5.74) is 0.931. The molecular formula is C14H17Cl2NO2. The Kier molecular flexibility index (Phi) is 4.71. The summed E-state index contributed by atoms with van der Waals surface area (Å²) < 4.78 is 0. The van der Waals surface area contributed by atoms with Crippen LogP contribution in [-0.2, 0) is 10.2 Å². The number of hydrogen-bond acceptors (Lipinski definition) is 2. The highest BCUT2D eigenvalue weighted by atomic mass is 35.5. The van der Waals surface area contributed by atoms with Gasteiger partial charge in [-0.2, -0.15) is 0 Å². The number of piperidine rings is 1. The molecule has 0 aliphatic carbocycles. The van der Waals surface area contributed by atoms with Crippen molar-refractivity contribution in [2.45, 2.75) is 31.1 Å². The van der Waals surface area contributed by atoms with Crippen molar-refractivity contribution < 1.29 is 9.90 Å². The van der Waals surface area contributed by atoms with E-state index in [-0.39, 0.29) is 11.8 Å². The summed E-state index contributed by atoms with van der Waals surface area (Å²) in [5, 5.41) is 13.4. The largest absolute Gasteiger partial charge is 0.481 e. The lowest BCUT2D eigenvalue weighted by molar-refractivity contribution is -0.137. The van der Waals surface area contributed by atoms with Crippen molar-refractivity contribution in [3.8, 4) is 0 Å². The van der Waals surface area contributed by atoms with Crippen LogP contribution in [0.25, 0.3) is 0 Å². The summed E-state index contributed by atoms with van der Waals surface area (Å²) in [6.45, 7) is 1.77. The molecule has 19 heavy (non-hydrogen) atoms. The monoisotopic (exact) mass is 301 g/mol. The molecule has 5 heteroatoms. The highest BCUT2D eigenvalue weighted by Gasteiger charge is 2.34. The van der Waals surface area contributed by atoms with Crippen molar-refractivity contribution in [2.75, 3.05) is 13.1 Å². The van der Waals surface area contributed by atoms with Crippen molar-refractivity contribution >= 4 is 29.2 Å². The van der Waals surface area contributed by atoms with Gasteiger partial charge in [0.15, 0.2) is 0 Å². The molecule has 104 valence electrons. The van der Waals surface area contributed by atoms with Gasteiger partial charge in [-0.3, -0.25) is 4.79 Å². The third-order valence-electron chi connectivity index (χ3n) is 3.82. The van der Waals surface area contributed by atoms with Gasteiger partial charge >= 0.3 is 5.97 Å². The van der Waals surface area contributed by atoms with Crippen LogP contribution in [0.15, 0.2) is 18.2 Å². The maximum absolute atomic E-state index is 10.9. The van der Waals surface area contributed by atoms with Gasteiger partial charge in [-0.05, 0) is 43.5 Å². The second-order valence-corrected chi connectivity index (χ2v) is 5.90. The fourth-order valence-corrected chi connectivity index (χ4v) is 3.04. The molecule has 1 atom stereocenters. The number of carboxylic acids is 1. The van der Waals surface area contributed by atoms with E-state index in [1.54, 1.807) is 6.07 Å². The Morgan fingerprint density at radius 2 is 2.16 bits per heavy atom. The summed E-state index contributed by atoms with van der Waals surface area (Å²) in [4.78, 5) is 10.9. The first kappa shape index (κ1) is 14.6. The highest BCUT2D eigenvalue weighted by Crippen LogP contribution is 2.38. The first-order valence-electron chi connectivity index (χ1n) is 6.42. The first-order chi connectivity index (χ1) is 9.03. The molecule has 0 saturated carbocycles. The van der Waals surface area contributed by atoms with E-state index in [9.17, 15) is 4.79 Å². The van der Waals surface area contributed by atoms with Gasteiger partial charge in [0, 0.05) is 18.4 Å². The normalized spacial score (nSPS) is 23.3. The third kappa shape index (κ3) is 3.41. The molecule has 0 amide bonds. The van der Waals surface area contributed by atoms with Crippen molar-refractivity contribution in [3.05, 3.63) is 33.8 Å². The van der Waals surface area contributed by atoms with Crippen molar-refractivity contribution in [2.24, 2.45) is 0 Å². The lowest BCUT2D eigenvalue weighted by Gasteiger charge is -2.38. The Bertz CT molecular complexity index is 471. The maximum Gasteiger partial charge on any atom is 0.303 e. The number of aliphatic carboxylic acids is 1. The average Bonchev–Trinajstić information content (AvgIpc) is 2.40. The van der Waals surface area contributed by atoms with Gasteiger partial charge < -0.3 is 10.4 Å². The molecule has 1 aliphatic heterocycles. The van der Waals surface area contributed by atoms with Gasteiger partial charge in [0.1, 0.15) is 0 Å². The fourth-order valence-electron chi connectivity index (χ4n) is 2.74. The number of nitrogens with one attached hydrogen (secondary N) is 1. The Balaban J connectivity index is 2.29. The number of rotatable bonds is 4. The Morgan fingerprint density at radius 3 is 2.74 bits per heavy atom. The molecule has 0 spiro atoms. The second-order valence-electron chi connectivity index (χ2n) is 5.08. The number of hydrogen-bond donors (Lipinski definition) is 2. The highest BCUT2D eigenvalue weighted by molar-refractivity contribution is 6.42. The average molecular weight is 302 g/mol. The molecule has 1 fully saturated rings. The van der Waals surface area contributed by atoms with Crippen molar-refractivity contribution in [1.29, 1.82) is 0 Å². The zero-order chi connectivity index (χ0) is 13.9. The molecule has 1 aliphatic rings. The van der Waals surface area contributed by atoms with Gasteiger partial charge in [0.2, 0.25) is 0 Å². The van der Waals surface area contributed by atoms with E-state index in [0.717, 1.165) is 31.5 Å². The molecule has 3 nitrogen and oxygen atoms in total. The van der Waals surface area contributed by atoms with E-state index >= 15 is 0 Å². The molecule has 0 aromatic heterocycles. The number of benzene rings is 1. The summed E-state index contributed by atoms with van der Waals surface area (Å²) in [7, 11) is 0. The SMILES string of the molecule is O=C(O)CC[C@]1(c2ccc(Cl)c(Cl)c2)CCCNC1. The van der Waals surface area contributed by atoms with E-state index in [1.807, 2.05) is 12.1 Å². The zero-order valence-electron chi connectivity index (χ0n) is 10.6. The van der Waals surface area contributed by atoms with Gasteiger partial charge in [-0.25, -0.2) is 0 Å². The molecule has 1 aromatic carbocycles. The summed E-state index contributed by atoms with van der Waals surface area (Å²) >= 11 is 12.0. The van der Waals surface area contributed by atoms with Crippen LogP contribution < -0.4 is 5.32 Å². The van der Waals surface area contributed by atoms with Crippen LogP contribution in [0, 0.1) is 0 Å². The summed E-state index contributed by atoms with van der Waals surface area (Å²) in [6.07, 6.45) is 2.81. The fraction of sp³-hybridized carbons (Fsp3) is 0.500. The van der Waals surface area contributed by atoms with Gasteiger partial charge in [-0.15, -0.1) is 0 Å². The minimum atomic E-state index is -0.759. The maximum atomic E-state index is 10.9. The molecule has 2 N–H and O–H groups in total. The van der Waals surface area contributed by atoms with Gasteiger partial charge in [-0.1, -0.05) is 29.3 Å². The van der Waals surface area contributed by atoms with E-state index < -0.39 is 5.97 Å². The zero-order valence-corrected chi connectivity index (χ0v) is 12.1. The molecule has 0 bridgehead atoms. The predicted molar refractivity (Wildman–Crippen MR) is 77.1 cm³/mol. The van der Waals surface area contributed by atoms with Gasteiger partial charge in [0.25, 0.3) is 0 Å². The second kappa shape index (κ2) is 6.12. The molecule has 0 unspecified atom stereocenters. The Morgan fingerprint density at radius 1 is 1.37 bits per heavy atom. The standard InChI is InChI=1S/C14H17Cl2NO2/c15-11-3-2-10(8-12(11)16)14(6-4-13(18)19)5-1-7-17-9-14/h2-3,8,17H,1,4-7,9H2,(H,18,19)/t14-/m1/s1. The van der Waals surface area contributed by atoms with E-state index in [1.165, 1.54) is 0 Å².